The molecule has 1 aromatic rings. The summed E-state index contributed by atoms with van der Waals surface area (Å²) < 4.78 is 10.5. The highest BCUT2D eigenvalue weighted by molar-refractivity contribution is 5.90. The second kappa shape index (κ2) is 7.00. The van der Waals surface area contributed by atoms with E-state index in [1.54, 1.807) is 25.1 Å². The van der Waals surface area contributed by atoms with Crippen LogP contribution in [0, 0.1) is 17.3 Å². The molecule has 0 radical (unpaired) electrons. The molecule has 1 rings (SSSR count). The van der Waals surface area contributed by atoms with E-state index in [0.717, 1.165) is 5.56 Å². The lowest BCUT2D eigenvalue weighted by molar-refractivity contribution is 0.0526. The smallest absolute Gasteiger partial charge is 0.338 e. The van der Waals surface area contributed by atoms with Crippen molar-refractivity contribution in [2.75, 3.05) is 13.2 Å². The summed E-state index contributed by atoms with van der Waals surface area (Å²) in [6.45, 7) is 10.7. The third kappa shape index (κ3) is 4.97. The summed E-state index contributed by atoms with van der Waals surface area (Å²) in [5.74, 6) is 6.55. The van der Waals surface area contributed by atoms with Gasteiger partial charge in [0.25, 0.3) is 0 Å². The Kier molecular flexibility index (Phi) is 5.64. The van der Waals surface area contributed by atoms with E-state index < -0.39 is 0 Å². The second-order valence-corrected chi connectivity index (χ2v) is 5.36. The van der Waals surface area contributed by atoms with Gasteiger partial charge in [0.2, 0.25) is 0 Å². The Morgan fingerprint density at radius 3 is 2.45 bits per heavy atom. The standard InChI is InChI=1S/C17H22O3/c1-6-19-15-12-14(16(18)20-7-2)9-8-13(15)10-11-17(3,4)5/h8-9,12H,6-7H2,1-5H3. The molecule has 0 spiro atoms. The van der Waals surface area contributed by atoms with Gasteiger partial charge in [0, 0.05) is 5.41 Å². The second-order valence-electron chi connectivity index (χ2n) is 5.36. The van der Waals surface area contributed by atoms with Gasteiger partial charge in [-0.15, -0.1) is 0 Å². The summed E-state index contributed by atoms with van der Waals surface area (Å²) in [6, 6.07) is 5.21. The van der Waals surface area contributed by atoms with Gasteiger partial charge in [0.1, 0.15) is 5.75 Å². The summed E-state index contributed by atoms with van der Waals surface area (Å²) in [5, 5.41) is 0. The van der Waals surface area contributed by atoms with Crippen molar-refractivity contribution in [3.63, 3.8) is 0 Å². The molecule has 0 N–H and O–H groups in total. The molecule has 0 aromatic heterocycles. The topological polar surface area (TPSA) is 35.5 Å². The first-order valence-corrected chi connectivity index (χ1v) is 6.84. The van der Waals surface area contributed by atoms with Gasteiger partial charge in [-0.1, -0.05) is 11.8 Å². The lowest BCUT2D eigenvalue weighted by Crippen LogP contribution is -2.06. The van der Waals surface area contributed by atoms with E-state index in [1.807, 2.05) is 27.7 Å². The highest BCUT2D eigenvalue weighted by atomic mass is 16.5. The average Bonchev–Trinajstić information content (AvgIpc) is 2.37. The predicted molar refractivity (Wildman–Crippen MR) is 79.9 cm³/mol. The van der Waals surface area contributed by atoms with Crippen LogP contribution >= 0.6 is 0 Å². The molecule has 0 heterocycles. The Hall–Kier alpha value is -1.95. The Balaban J connectivity index is 3.13. The van der Waals surface area contributed by atoms with Crippen LogP contribution in [0.25, 0.3) is 0 Å². The van der Waals surface area contributed by atoms with Crippen molar-refractivity contribution in [1.29, 1.82) is 0 Å². The highest BCUT2D eigenvalue weighted by Gasteiger charge is 2.11. The molecule has 0 saturated heterocycles. The van der Waals surface area contributed by atoms with Crippen molar-refractivity contribution in [1.82, 2.24) is 0 Å². The summed E-state index contributed by atoms with van der Waals surface area (Å²) in [4.78, 5) is 11.7. The average molecular weight is 274 g/mol. The van der Waals surface area contributed by atoms with Crippen LogP contribution in [0.4, 0.5) is 0 Å². The Bertz CT molecular complexity index is 527. The van der Waals surface area contributed by atoms with E-state index in [2.05, 4.69) is 11.8 Å². The molecule has 0 aliphatic rings. The maximum absolute atomic E-state index is 11.7. The predicted octanol–water partition coefficient (Wildman–Crippen LogP) is 3.66. The first-order valence-electron chi connectivity index (χ1n) is 6.84. The molecule has 0 atom stereocenters. The molecule has 0 bridgehead atoms. The number of hydrogen-bond acceptors (Lipinski definition) is 3. The van der Waals surface area contributed by atoms with Gasteiger partial charge < -0.3 is 9.47 Å². The molecular formula is C17H22O3. The normalized spacial score (nSPS) is 10.4. The van der Waals surface area contributed by atoms with Crippen molar-refractivity contribution < 1.29 is 14.3 Å². The third-order valence-electron chi connectivity index (χ3n) is 2.36. The van der Waals surface area contributed by atoms with E-state index in [9.17, 15) is 4.79 Å². The zero-order valence-corrected chi connectivity index (χ0v) is 12.9. The number of rotatable bonds is 4. The fourth-order valence-corrected chi connectivity index (χ4v) is 1.50. The lowest BCUT2D eigenvalue weighted by atomic mass is 9.97. The van der Waals surface area contributed by atoms with Gasteiger partial charge in [0.05, 0.1) is 24.3 Å². The summed E-state index contributed by atoms with van der Waals surface area (Å²) in [7, 11) is 0. The maximum atomic E-state index is 11.7. The number of carbonyl (C=O) groups excluding carboxylic acids is 1. The van der Waals surface area contributed by atoms with Gasteiger partial charge in [0.15, 0.2) is 0 Å². The van der Waals surface area contributed by atoms with Crippen LogP contribution in [0.1, 0.15) is 50.5 Å². The zero-order chi connectivity index (χ0) is 15.2. The lowest BCUT2D eigenvalue weighted by Gasteiger charge is -2.10. The Morgan fingerprint density at radius 1 is 1.20 bits per heavy atom. The maximum Gasteiger partial charge on any atom is 0.338 e. The molecule has 3 heteroatoms. The Labute approximate surface area is 121 Å². The Morgan fingerprint density at radius 2 is 1.90 bits per heavy atom. The van der Waals surface area contributed by atoms with Gasteiger partial charge in [-0.3, -0.25) is 0 Å². The van der Waals surface area contributed by atoms with Crippen LogP contribution in [-0.4, -0.2) is 19.2 Å². The number of hydrogen-bond donors (Lipinski definition) is 0. The van der Waals surface area contributed by atoms with Crippen molar-refractivity contribution in [3.8, 4) is 17.6 Å². The molecule has 0 amide bonds. The molecule has 0 fully saturated rings. The van der Waals surface area contributed by atoms with Crippen LogP contribution in [-0.2, 0) is 4.74 Å². The number of benzene rings is 1. The molecule has 0 saturated carbocycles. The zero-order valence-electron chi connectivity index (χ0n) is 12.9. The highest BCUT2D eigenvalue weighted by Crippen LogP contribution is 2.21. The van der Waals surface area contributed by atoms with Gasteiger partial charge >= 0.3 is 5.97 Å². The minimum absolute atomic E-state index is 0.0801. The fourth-order valence-electron chi connectivity index (χ4n) is 1.50. The first-order chi connectivity index (χ1) is 9.37. The minimum Gasteiger partial charge on any atom is -0.493 e. The van der Waals surface area contributed by atoms with Crippen molar-refractivity contribution in [2.24, 2.45) is 5.41 Å². The quantitative estimate of drug-likeness (QED) is 0.621. The van der Waals surface area contributed by atoms with E-state index in [-0.39, 0.29) is 11.4 Å². The molecule has 108 valence electrons. The number of ether oxygens (including phenoxy) is 2. The monoisotopic (exact) mass is 274 g/mol. The largest absolute Gasteiger partial charge is 0.493 e. The van der Waals surface area contributed by atoms with Crippen molar-refractivity contribution in [3.05, 3.63) is 29.3 Å². The van der Waals surface area contributed by atoms with Gasteiger partial charge in [-0.2, -0.15) is 0 Å². The van der Waals surface area contributed by atoms with Crippen LogP contribution in [0.15, 0.2) is 18.2 Å². The molecule has 0 aliphatic carbocycles. The summed E-state index contributed by atoms with van der Waals surface area (Å²) in [5.41, 5.74) is 1.19. The van der Waals surface area contributed by atoms with Crippen LogP contribution in [0.5, 0.6) is 5.75 Å². The van der Waals surface area contributed by atoms with Gasteiger partial charge in [-0.25, -0.2) is 4.79 Å². The molecular weight excluding hydrogens is 252 g/mol. The molecule has 3 nitrogen and oxygen atoms in total. The first kappa shape index (κ1) is 16.1. The minimum atomic E-state index is -0.344. The molecule has 0 unspecified atom stereocenters. The van der Waals surface area contributed by atoms with E-state index in [1.165, 1.54) is 0 Å². The van der Waals surface area contributed by atoms with Gasteiger partial charge in [-0.05, 0) is 52.8 Å². The molecule has 20 heavy (non-hydrogen) atoms. The van der Waals surface area contributed by atoms with Crippen LogP contribution in [0.2, 0.25) is 0 Å². The summed E-state index contributed by atoms with van der Waals surface area (Å²) >= 11 is 0. The van der Waals surface area contributed by atoms with Crippen LogP contribution < -0.4 is 4.74 Å². The van der Waals surface area contributed by atoms with Crippen molar-refractivity contribution in [2.45, 2.75) is 34.6 Å². The van der Waals surface area contributed by atoms with E-state index in [0.29, 0.717) is 24.5 Å². The SMILES string of the molecule is CCOC(=O)c1ccc(C#CC(C)(C)C)c(OCC)c1. The van der Waals surface area contributed by atoms with E-state index in [4.69, 9.17) is 9.47 Å². The summed E-state index contributed by atoms with van der Waals surface area (Å²) in [6.07, 6.45) is 0. The van der Waals surface area contributed by atoms with Crippen molar-refractivity contribution >= 4 is 5.97 Å². The molecule has 1 aromatic carbocycles. The van der Waals surface area contributed by atoms with E-state index >= 15 is 0 Å². The molecule has 0 aliphatic heterocycles. The fraction of sp³-hybridized carbons (Fsp3) is 0.471. The third-order valence-corrected chi connectivity index (χ3v) is 2.36. The number of esters is 1. The number of carbonyl (C=O) groups is 1. The van der Waals surface area contributed by atoms with Crippen LogP contribution in [0.3, 0.4) is 0 Å².